The normalized spacial score (nSPS) is 21.1. The van der Waals surface area contributed by atoms with E-state index >= 15 is 0 Å². The van der Waals surface area contributed by atoms with Crippen molar-refractivity contribution < 1.29 is 24.5 Å². The number of carboxylic acids is 1. The number of carbonyl (C=O) groups is 2. The van der Waals surface area contributed by atoms with Crippen molar-refractivity contribution in [2.45, 2.75) is 51.4 Å². The second kappa shape index (κ2) is 5.57. The molecular weight excluding hydrogens is 290 g/mol. The van der Waals surface area contributed by atoms with Gasteiger partial charge in [0.1, 0.15) is 5.60 Å². The van der Waals surface area contributed by atoms with Crippen molar-refractivity contribution in [2.75, 3.05) is 0 Å². The molecule has 1 aromatic rings. The lowest BCUT2D eigenvalue weighted by Crippen LogP contribution is -2.37. The molecule has 7 nitrogen and oxygen atoms in total. The first-order valence-corrected chi connectivity index (χ1v) is 6.99. The van der Waals surface area contributed by atoms with Crippen LogP contribution >= 0.6 is 0 Å². The number of rotatable bonds is 3. The zero-order valence-electron chi connectivity index (χ0n) is 12.7. The number of carbonyl (C=O) groups excluding carboxylic acids is 1. The van der Waals surface area contributed by atoms with Gasteiger partial charge in [-0.05, 0) is 33.6 Å². The van der Waals surface area contributed by atoms with Crippen LogP contribution in [0.15, 0.2) is 17.1 Å². The van der Waals surface area contributed by atoms with Crippen molar-refractivity contribution >= 4 is 11.9 Å². The fourth-order valence-electron chi connectivity index (χ4n) is 2.29. The van der Waals surface area contributed by atoms with Gasteiger partial charge in [-0.2, -0.15) is 0 Å². The molecule has 1 saturated carbocycles. The zero-order chi connectivity index (χ0) is 16.7. The Balaban J connectivity index is 2.45. The van der Waals surface area contributed by atoms with E-state index in [1.807, 2.05) is 0 Å². The lowest BCUT2D eigenvalue weighted by atomic mass is 9.89. The van der Waals surface area contributed by atoms with Crippen LogP contribution in [0.5, 0.6) is 0 Å². The highest BCUT2D eigenvalue weighted by molar-refractivity contribution is 6.02. The van der Waals surface area contributed by atoms with Gasteiger partial charge in [0.25, 0.3) is 5.56 Å². The summed E-state index contributed by atoms with van der Waals surface area (Å²) in [6.07, 6.45) is 1.55. The first-order chi connectivity index (χ1) is 10.1. The van der Waals surface area contributed by atoms with Crippen molar-refractivity contribution in [3.8, 4) is 0 Å². The molecule has 0 atom stereocenters. The number of esters is 1. The molecule has 1 aromatic heterocycles. The van der Waals surface area contributed by atoms with Gasteiger partial charge in [0, 0.05) is 18.3 Å². The molecule has 0 unspecified atom stereocenters. The van der Waals surface area contributed by atoms with Crippen LogP contribution in [0.1, 0.15) is 60.4 Å². The summed E-state index contributed by atoms with van der Waals surface area (Å²) >= 11 is 0. The highest BCUT2D eigenvalue weighted by Gasteiger charge is 2.31. The van der Waals surface area contributed by atoms with Gasteiger partial charge in [0.2, 0.25) is 0 Å². The second-order valence-electron chi connectivity index (χ2n) is 6.43. The van der Waals surface area contributed by atoms with Gasteiger partial charge in [-0.1, -0.05) is 0 Å². The van der Waals surface area contributed by atoms with Crippen molar-refractivity contribution in [1.82, 2.24) is 4.57 Å². The topological polar surface area (TPSA) is 106 Å². The van der Waals surface area contributed by atoms with E-state index in [9.17, 15) is 24.6 Å². The maximum atomic E-state index is 12.2. The summed E-state index contributed by atoms with van der Waals surface area (Å²) in [5.41, 5.74) is -1.83. The maximum Gasteiger partial charge on any atom is 0.341 e. The third-order valence-corrected chi connectivity index (χ3v) is 3.41. The Hall–Kier alpha value is -2.15. The molecule has 1 aliphatic carbocycles. The predicted octanol–water partition coefficient (Wildman–Crippen LogP) is 1.20. The van der Waals surface area contributed by atoms with Gasteiger partial charge < -0.3 is 19.5 Å². The van der Waals surface area contributed by atoms with Crippen LogP contribution < -0.4 is 5.56 Å². The number of nitrogens with zero attached hydrogens (tertiary/aromatic N) is 1. The standard InChI is InChI=1S/C15H19NO6/c1-15(2,3)22-14(21)11-7-16(8-4-9(17)5-8)12(18)6-10(11)13(19)20/h6-9,17H,4-5H2,1-3H3,(H,19,20). The molecule has 0 bridgehead atoms. The highest BCUT2D eigenvalue weighted by atomic mass is 16.6. The van der Waals surface area contributed by atoms with Crippen LogP contribution in [-0.2, 0) is 4.74 Å². The second-order valence-corrected chi connectivity index (χ2v) is 6.43. The summed E-state index contributed by atoms with van der Waals surface area (Å²) in [6, 6.07) is 0.693. The number of aromatic carboxylic acids is 1. The molecule has 120 valence electrons. The lowest BCUT2D eigenvalue weighted by Gasteiger charge is -2.33. The maximum absolute atomic E-state index is 12.2. The van der Waals surface area contributed by atoms with Crippen LogP contribution in [-0.4, -0.2) is 38.4 Å². The summed E-state index contributed by atoms with van der Waals surface area (Å²) in [5, 5.41) is 18.5. The Bertz CT molecular complexity index is 664. The fraction of sp³-hybridized carbons (Fsp3) is 0.533. The van der Waals surface area contributed by atoms with Crippen LogP contribution in [0.3, 0.4) is 0 Å². The summed E-state index contributed by atoms with van der Waals surface area (Å²) in [4.78, 5) is 35.5. The number of aliphatic hydroxyl groups is 1. The van der Waals surface area contributed by atoms with Crippen LogP contribution in [0.4, 0.5) is 0 Å². The molecule has 0 spiro atoms. The van der Waals surface area contributed by atoms with E-state index in [2.05, 4.69) is 0 Å². The summed E-state index contributed by atoms with van der Waals surface area (Å²) < 4.78 is 6.49. The Labute approximate surface area is 127 Å². The quantitative estimate of drug-likeness (QED) is 0.813. The van der Waals surface area contributed by atoms with Gasteiger partial charge >= 0.3 is 11.9 Å². The van der Waals surface area contributed by atoms with Gasteiger partial charge in [-0.3, -0.25) is 4.79 Å². The van der Waals surface area contributed by atoms with E-state index in [4.69, 9.17) is 4.74 Å². The van der Waals surface area contributed by atoms with Gasteiger partial charge in [0.05, 0.1) is 17.2 Å². The summed E-state index contributed by atoms with van der Waals surface area (Å²) in [7, 11) is 0. The number of hydrogen-bond donors (Lipinski definition) is 2. The van der Waals surface area contributed by atoms with Gasteiger partial charge in [-0.15, -0.1) is 0 Å². The van der Waals surface area contributed by atoms with E-state index in [-0.39, 0.29) is 17.2 Å². The Morgan fingerprint density at radius 2 is 1.86 bits per heavy atom. The smallest absolute Gasteiger partial charge is 0.341 e. The molecular formula is C15H19NO6. The van der Waals surface area contributed by atoms with Crippen molar-refractivity contribution in [3.63, 3.8) is 0 Å². The predicted molar refractivity (Wildman–Crippen MR) is 77.1 cm³/mol. The molecule has 0 saturated heterocycles. The monoisotopic (exact) mass is 309 g/mol. The molecule has 0 aliphatic heterocycles. The molecule has 0 amide bonds. The Morgan fingerprint density at radius 1 is 1.27 bits per heavy atom. The Kier molecular flexibility index (Phi) is 4.10. The molecule has 1 fully saturated rings. The SMILES string of the molecule is CC(C)(C)OC(=O)c1cn(C2CC(O)C2)c(=O)cc1C(=O)O. The average Bonchev–Trinajstić information content (AvgIpc) is 2.32. The summed E-state index contributed by atoms with van der Waals surface area (Å²) in [5.74, 6) is -2.16. The van der Waals surface area contributed by atoms with Crippen LogP contribution in [0.25, 0.3) is 0 Å². The van der Waals surface area contributed by atoms with Gasteiger partial charge in [0.15, 0.2) is 0 Å². The number of hydrogen-bond acceptors (Lipinski definition) is 5. The molecule has 22 heavy (non-hydrogen) atoms. The van der Waals surface area contributed by atoms with E-state index in [0.717, 1.165) is 6.07 Å². The average molecular weight is 309 g/mol. The minimum Gasteiger partial charge on any atom is -0.478 e. The van der Waals surface area contributed by atoms with E-state index in [0.29, 0.717) is 12.8 Å². The number of ether oxygens (including phenoxy) is 1. The third kappa shape index (κ3) is 3.36. The number of carboxylic acid groups (broad SMARTS) is 1. The van der Waals surface area contributed by atoms with Crippen LogP contribution in [0, 0.1) is 0 Å². The van der Waals surface area contributed by atoms with E-state index < -0.39 is 29.2 Å². The minimum atomic E-state index is -1.36. The Morgan fingerprint density at radius 3 is 2.32 bits per heavy atom. The largest absolute Gasteiger partial charge is 0.478 e. The molecule has 7 heteroatoms. The van der Waals surface area contributed by atoms with E-state index in [1.54, 1.807) is 20.8 Å². The van der Waals surface area contributed by atoms with Gasteiger partial charge in [-0.25, -0.2) is 9.59 Å². The molecule has 2 rings (SSSR count). The lowest BCUT2D eigenvalue weighted by molar-refractivity contribution is 0.00633. The van der Waals surface area contributed by atoms with Crippen molar-refractivity contribution in [2.24, 2.45) is 0 Å². The number of aliphatic hydroxyl groups excluding tert-OH is 1. The van der Waals surface area contributed by atoms with Crippen LogP contribution in [0.2, 0.25) is 0 Å². The molecule has 1 aliphatic rings. The molecule has 1 heterocycles. The minimum absolute atomic E-state index is 0.164. The number of aromatic nitrogens is 1. The first kappa shape index (κ1) is 16.2. The van der Waals surface area contributed by atoms with E-state index in [1.165, 1.54) is 10.8 Å². The number of pyridine rings is 1. The fourth-order valence-corrected chi connectivity index (χ4v) is 2.29. The molecule has 0 aromatic carbocycles. The summed E-state index contributed by atoms with van der Waals surface area (Å²) in [6.45, 7) is 5.01. The first-order valence-electron chi connectivity index (χ1n) is 6.99. The van der Waals surface area contributed by atoms with Crippen molar-refractivity contribution in [3.05, 3.63) is 33.7 Å². The molecule has 0 radical (unpaired) electrons. The zero-order valence-corrected chi connectivity index (χ0v) is 12.7. The van der Waals surface area contributed by atoms with Crippen molar-refractivity contribution in [1.29, 1.82) is 0 Å². The highest BCUT2D eigenvalue weighted by Crippen LogP contribution is 2.31. The third-order valence-electron chi connectivity index (χ3n) is 3.41. The molecule has 2 N–H and O–H groups in total.